The van der Waals surface area contributed by atoms with E-state index in [1.165, 1.54) is 34.9 Å². The van der Waals surface area contributed by atoms with Crippen LogP contribution in [0.25, 0.3) is 10.9 Å². The number of nitrogens with zero attached hydrogens (tertiary/aromatic N) is 2. The van der Waals surface area contributed by atoms with Crippen molar-refractivity contribution in [2.24, 2.45) is 7.05 Å². The van der Waals surface area contributed by atoms with E-state index in [0.717, 1.165) is 12.2 Å². The zero-order chi connectivity index (χ0) is 14.2. The van der Waals surface area contributed by atoms with Crippen LogP contribution in [0.4, 0.5) is 0 Å². The van der Waals surface area contributed by atoms with Gasteiger partial charge in [0.25, 0.3) is 0 Å². The van der Waals surface area contributed by atoms with Crippen LogP contribution in [0.1, 0.15) is 29.3 Å². The van der Waals surface area contributed by atoms with E-state index in [1.54, 1.807) is 0 Å². The van der Waals surface area contributed by atoms with Crippen LogP contribution in [0.3, 0.4) is 0 Å². The van der Waals surface area contributed by atoms with Gasteiger partial charge in [-0.3, -0.25) is 4.68 Å². The van der Waals surface area contributed by atoms with Gasteiger partial charge in [-0.2, -0.15) is 5.10 Å². The molecule has 21 heavy (non-hydrogen) atoms. The highest BCUT2D eigenvalue weighted by Crippen LogP contribution is 2.31. The number of para-hydroxylation sites is 1. The van der Waals surface area contributed by atoms with Gasteiger partial charge in [0.1, 0.15) is 0 Å². The van der Waals surface area contributed by atoms with E-state index < -0.39 is 0 Å². The molecule has 2 aromatic carbocycles. The summed E-state index contributed by atoms with van der Waals surface area (Å²) >= 11 is 0. The molecule has 1 N–H and O–H groups in total. The summed E-state index contributed by atoms with van der Waals surface area (Å²) in [5.41, 5.74) is 5.28. The Balaban J connectivity index is 1.57. The average Bonchev–Trinajstić information content (AvgIpc) is 3.08. The van der Waals surface area contributed by atoms with Gasteiger partial charge < -0.3 is 5.32 Å². The lowest BCUT2D eigenvalue weighted by atomic mass is 10.1. The van der Waals surface area contributed by atoms with Crippen molar-refractivity contribution in [3.63, 3.8) is 0 Å². The Morgan fingerprint density at radius 2 is 1.95 bits per heavy atom. The summed E-state index contributed by atoms with van der Waals surface area (Å²) in [6.45, 7) is 0.820. The van der Waals surface area contributed by atoms with Crippen molar-refractivity contribution in [2.75, 3.05) is 0 Å². The molecule has 0 amide bonds. The largest absolute Gasteiger partial charge is 0.304 e. The fourth-order valence-electron chi connectivity index (χ4n) is 3.41. The van der Waals surface area contributed by atoms with Gasteiger partial charge in [0.2, 0.25) is 0 Å². The minimum atomic E-state index is 0.460. The lowest BCUT2D eigenvalue weighted by Gasteiger charge is -2.13. The molecule has 106 valence electrons. The molecule has 1 unspecified atom stereocenters. The van der Waals surface area contributed by atoms with Gasteiger partial charge in [-0.05, 0) is 30.0 Å². The molecule has 3 nitrogen and oxygen atoms in total. The number of aryl methyl sites for hydroxylation is 2. The van der Waals surface area contributed by atoms with Crippen molar-refractivity contribution in [3.8, 4) is 0 Å². The SMILES string of the molecule is Cn1nc(CNC2CCc3ccccc32)c2ccccc21. The van der Waals surface area contributed by atoms with Crippen molar-refractivity contribution in [1.29, 1.82) is 0 Å². The Morgan fingerprint density at radius 1 is 1.14 bits per heavy atom. The van der Waals surface area contributed by atoms with Gasteiger partial charge in [-0.1, -0.05) is 42.5 Å². The third-order valence-electron chi connectivity index (χ3n) is 4.48. The first-order chi connectivity index (χ1) is 10.3. The molecule has 0 fully saturated rings. The summed E-state index contributed by atoms with van der Waals surface area (Å²) in [5.74, 6) is 0. The maximum Gasteiger partial charge on any atom is 0.0841 e. The predicted molar refractivity (Wildman–Crippen MR) is 85.1 cm³/mol. The molecule has 0 saturated heterocycles. The van der Waals surface area contributed by atoms with E-state index >= 15 is 0 Å². The molecule has 1 atom stereocenters. The minimum absolute atomic E-state index is 0.460. The molecule has 0 bridgehead atoms. The molecule has 3 aromatic rings. The van der Waals surface area contributed by atoms with Crippen molar-refractivity contribution in [3.05, 3.63) is 65.4 Å². The molecule has 4 rings (SSSR count). The summed E-state index contributed by atoms with van der Waals surface area (Å²) in [5, 5.41) is 9.59. The summed E-state index contributed by atoms with van der Waals surface area (Å²) < 4.78 is 1.97. The molecular formula is C18H19N3. The van der Waals surface area contributed by atoms with Crippen LogP contribution in [0.15, 0.2) is 48.5 Å². The third kappa shape index (κ3) is 2.14. The van der Waals surface area contributed by atoms with Gasteiger partial charge in [0, 0.05) is 25.0 Å². The quantitative estimate of drug-likeness (QED) is 0.795. The summed E-state index contributed by atoms with van der Waals surface area (Å²) in [6, 6.07) is 17.6. The fourth-order valence-corrected chi connectivity index (χ4v) is 3.41. The van der Waals surface area contributed by atoms with Crippen LogP contribution >= 0.6 is 0 Å². The van der Waals surface area contributed by atoms with Gasteiger partial charge in [0.15, 0.2) is 0 Å². The Kier molecular flexibility index (Phi) is 3.00. The lowest BCUT2D eigenvalue weighted by Crippen LogP contribution is -2.19. The van der Waals surface area contributed by atoms with Gasteiger partial charge in [-0.15, -0.1) is 0 Å². The summed E-state index contributed by atoms with van der Waals surface area (Å²) in [7, 11) is 2.01. The van der Waals surface area contributed by atoms with Crippen LogP contribution in [0.5, 0.6) is 0 Å². The third-order valence-corrected chi connectivity index (χ3v) is 4.48. The lowest BCUT2D eigenvalue weighted by molar-refractivity contribution is 0.523. The van der Waals surface area contributed by atoms with Crippen molar-refractivity contribution in [1.82, 2.24) is 15.1 Å². The highest BCUT2D eigenvalue weighted by atomic mass is 15.3. The highest BCUT2D eigenvalue weighted by Gasteiger charge is 2.21. The Hall–Kier alpha value is -2.13. The van der Waals surface area contributed by atoms with Crippen molar-refractivity contribution >= 4 is 10.9 Å². The van der Waals surface area contributed by atoms with E-state index in [4.69, 9.17) is 0 Å². The molecule has 1 aromatic heterocycles. The number of hydrogen-bond donors (Lipinski definition) is 1. The number of hydrogen-bond acceptors (Lipinski definition) is 2. The van der Waals surface area contributed by atoms with Crippen molar-refractivity contribution in [2.45, 2.75) is 25.4 Å². The number of fused-ring (bicyclic) bond motifs is 2. The number of aromatic nitrogens is 2. The molecule has 1 aliphatic rings. The summed E-state index contributed by atoms with van der Waals surface area (Å²) in [4.78, 5) is 0. The predicted octanol–water partition coefficient (Wildman–Crippen LogP) is 3.35. The maximum atomic E-state index is 4.66. The topological polar surface area (TPSA) is 29.9 Å². The fraction of sp³-hybridized carbons (Fsp3) is 0.278. The number of benzene rings is 2. The first-order valence-electron chi connectivity index (χ1n) is 7.55. The molecule has 3 heteroatoms. The second kappa shape index (κ2) is 5.01. The van der Waals surface area contributed by atoms with Crippen LogP contribution in [0, 0.1) is 0 Å². The molecule has 1 aliphatic carbocycles. The zero-order valence-electron chi connectivity index (χ0n) is 12.2. The first-order valence-corrected chi connectivity index (χ1v) is 7.55. The van der Waals surface area contributed by atoms with E-state index in [0.29, 0.717) is 6.04 Å². The van der Waals surface area contributed by atoms with E-state index in [-0.39, 0.29) is 0 Å². The van der Waals surface area contributed by atoms with Crippen LogP contribution in [-0.4, -0.2) is 9.78 Å². The first kappa shape index (κ1) is 12.6. The molecule has 0 radical (unpaired) electrons. The Bertz CT molecular complexity index is 788. The van der Waals surface area contributed by atoms with Gasteiger partial charge in [-0.25, -0.2) is 0 Å². The van der Waals surface area contributed by atoms with Crippen LogP contribution < -0.4 is 5.32 Å². The van der Waals surface area contributed by atoms with E-state index in [9.17, 15) is 0 Å². The maximum absolute atomic E-state index is 4.66. The Morgan fingerprint density at radius 3 is 2.90 bits per heavy atom. The monoisotopic (exact) mass is 277 g/mol. The number of rotatable bonds is 3. The highest BCUT2D eigenvalue weighted by molar-refractivity contribution is 5.81. The zero-order valence-corrected chi connectivity index (χ0v) is 12.2. The minimum Gasteiger partial charge on any atom is -0.304 e. The molecule has 1 heterocycles. The standard InChI is InChI=1S/C18H19N3/c1-21-18-9-5-4-8-15(18)17(20-21)12-19-16-11-10-13-6-2-3-7-14(13)16/h2-9,16,19H,10-12H2,1H3. The van der Waals surface area contributed by atoms with Crippen molar-refractivity contribution < 1.29 is 0 Å². The van der Waals surface area contributed by atoms with Crippen LogP contribution in [0.2, 0.25) is 0 Å². The number of nitrogens with one attached hydrogen (secondary N) is 1. The van der Waals surface area contributed by atoms with Gasteiger partial charge >= 0.3 is 0 Å². The molecule has 0 aliphatic heterocycles. The summed E-state index contributed by atoms with van der Waals surface area (Å²) in [6.07, 6.45) is 2.36. The smallest absolute Gasteiger partial charge is 0.0841 e. The van der Waals surface area contributed by atoms with Crippen LogP contribution in [-0.2, 0) is 20.0 Å². The second-order valence-corrected chi connectivity index (χ2v) is 5.76. The van der Waals surface area contributed by atoms with E-state index in [2.05, 4.69) is 58.9 Å². The second-order valence-electron chi connectivity index (χ2n) is 5.76. The molecular weight excluding hydrogens is 258 g/mol. The van der Waals surface area contributed by atoms with Gasteiger partial charge in [0.05, 0.1) is 11.2 Å². The molecule has 0 saturated carbocycles. The normalized spacial score (nSPS) is 17.3. The molecule has 0 spiro atoms. The average molecular weight is 277 g/mol. The van der Waals surface area contributed by atoms with E-state index in [1.807, 2.05) is 11.7 Å². The Labute approximate surface area is 124 Å².